The minimum atomic E-state index is -0.137. The van der Waals surface area contributed by atoms with Crippen LogP contribution in [0.25, 0.3) is 0 Å². The van der Waals surface area contributed by atoms with Gasteiger partial charge >= 0.3 is 0 Å². The molecule has 0 aliphatic rings. The second-order valence-corrected chi connectivity index (χ2v) is 5.08. The monoisotopic (exact) mass is 284 g/mol. The number of para-hydroxylation sites is 1. The molecule has 2 rings (SSSR count). The summed E-state index contributed by atoms with van der Waals surface area (Å²) in [6.45, 7) is 5.90. The van der Waals surface area contributed by atoms with E-state index >= 15 is 0 Å². The Hall–Kier alpha value is -2.36. The van der Waals surface area contributed by atoms with Gasteiger partial charge in [0.1, 0.15) is 5.75 Å². The Labute approximate surface area is 125 Å². The summed E-state index contributed by atoms with van der Waals surface area (Å²) in [6, 6.07) is 9.62. The van der Waals surface area contributed by atoms with Crippen molar-refractivity contribution in [1.82, 2.24) is 10.3 Å². The molecular weight excluding hydrogens is 264 g/mol. The average Bonchev–Trinajstić information content (AvgIpc) is 2.47. The lowest BCUT2D eigenvalue weighted by atomic mass is 10.1. The van der Waals surface area contributed by atoms with E-state index in [-0.39, 0.29) is 18.6 Å². The molecule has 0 spiro atoms. The van der Waals surface area contributed by atoms with E-state index in [0.29, 0.717) is 0 Å². The third kappa shape index (κ3) is 4.05. The van der Waals surface area contributed by atoms with Crippen molar-refractivity contribution in [2.24, 2.45) is 0 Å². The Bertz CT molecular complexity index is 591. The van der Waals surface area contributed by atoms with Crippen molar-refractivity contribution in [3.63, 3.8) is 0 Å². The van der Waals surface area contributed by atoms with Gasteiger partial charge in [0.25, 0.3) is 5.91 Å². The van der Waals surface area contributed by atoms with E-state index in [4.69, 9.17) is 4.74 Å². The van der Waals surface area contributed by atoms with Crippen molar-refractivity contribution in [2.45, 2.75) is 26.8 Å². The third-order valence-corrected chi connectivity index (χ3v) is 3.34. The summed E-state index contributed by atoms with van der Waals surface area (Å²) >= 11 is 0. The van der Waals surface area contributed by atoms with E-state index in [1.807, 2.05) is 51.1 Å². The zero-order valence-corrected chi connectivity index (χ0v) is 12.6. The fraction of sp³-hybridized carbons (Fsp3) is 0.294. The van der Waals surface area contributed by atoms with Crippen LogP contribution in [0.2, 0.25) is 0 Å². The van der Waals surface area contributed by atoms with Crippen LogP contribution in [0.4, 0.5) is 0 Å². The van der Waals surface area contributed by atoms with E-state index < -0.39 is 0 Å². The number of benzene rings is 1. The van der Waals surface area contributed by atoms with Gasteiger partial charge in [0.15, 0.2) is 6.61 Å². The van der Waals surface area contributed by atoms with Crippen molar-refractivity contribution in [1.29, 1.82) is 0 Å². The summed E-state index contributed by atoms with van der Waals surface area (Å²) in [7, 11) is 0. The highest BCUT2D eigenvalue weighted by molar-refractivity contribution is 5.78. The summed E-state index contributed by atoms with van der Waals surface area (Å²) in [5.74, 6) is 0.645. The fourth-order valence-corrected chi connectivity index (χ4v) is 2.18. The van der Waals surface area contributed by atoms with Gasteiger partial charge in [-0.25, -0.2) is 0 Å². The van der Waals surface area contributed by atoms with E-state index in [1.165, 1.54) is 0 Å². The van der Waals surface area contributed by atoms with Crippen LogP contribution in [-0.4, -0.2) is 17.5 Å². The van der Waals surface area contributed by atoms with Gasteiger partial charge in [-0.05, 0) is 49.6 Å². The molecule has 0 radical (unpaired) electrons. The lowest BCUT2D eigenvalue weighted by Gasteiger charge is -2.16. The van der Waals surface area contributed by atoms with Crippen LogP contribution in [0.5, 0.6) is 5.75 Å². The Kier molecular flexibility index (Phi) is 4.93. The van der Waals surface area contributed by atoms with E-state index in [9.17, 15) is 4.79 Å². The van der Waals surface area contributed by atoms with E-state index in [1.54, 1.807) is 12.4 Å². The van der Waals surface area contributed by atoms with Crippen molar-refractivity contribution in [2.75, 3.05) is 6.61 Å². The fourth-order valence-electron chi connectivity index (χ4n) is 2.18. The second kappa shape index (κ2) is 6.88. The van der Waals surface area contributed by atoms with Gasteiger partial charge in [-0.2, -0.15) is 0 Å². The Morgan fingerprint density at radius 3 is 2.43 bits per heavy atom. The van der Waals surface area contributed by atoms with Crippen LogP contribution in [0, 0.1) is 13.8 Å². The smallest absolute Gasteiger partial charge is 0.258 e. The van der Waals surface area contributed by atoms with Crippen LogP contribution < -0.4 is 10.1 Å². The summed E-state index contributed by atoms with van der Waals surface area (Å²) in [4.78, 5) is 15.9. The molecule has 1 aromatic heterocycles. The number of aryl methyl sites for hydroxylation is 2. The number of amides is 1. The number of carbonyl (C=O) groups excluding carboxylic acids is 1. The molecule has 1 unspecified atom stereocenters. The molecule has 2 aromatic rings. The molecule has 4 heteroatoms. The van der Waals surface area contributed by atoms with Gasteiger partial charge in [-0.15, -0.1) is 0 Å². The molecule has 0 fully saturated rings. The molecule has 21 heavy (non-hydrogen) atoms. The van der Waals surface area contributed by atoms with Gasteiger partial charge in [0.05, 0.1) is 6.04 Å². The van der Waals surface area contributed by atoms with Gasteiger partial charge in [0.2, 0.25) is 0 Å². The maximum absolute atomic E-state index is 12.0. The third-order valence-electron chi connectivity index (χ3n) is 3.34. The average molecular weight is 284 g/mol. The molecule has 1 N–H and O–H groups in total. The molecule has 0 aliphatic carbocycles. The zero-order valence-electron chi connectivity index (χ0n) is 12.6. The Morgan fingerprint density at radius 2 is 1.81 bits per heavy atom. The number of aromatic nitrogens is 1. The van der Waals surface area contributed by atoms with E-state index in [0.717, 1.165) is 22.4 Å². The minimum Gasteiger partial charge on any atom is -0.483 e. The predicted molar refractivity (Wildman–Crippen MR) is 82.2 cm³/mol. The van der Waals surface area contributed by atoms with Crippen LogP contribution in [0.3, 0.4) is 0 Å². The highest BCUT2D eigenvalue weighted by atomic mass is 16.5. The molecule has 1 heterocycles. The van der Waals surface area contributed by atoms with Crippen LogP contribution >= 0.6 is 0 Å². The van der Waals surface area contributed by atoms with Gasteiger partial charge in [0, 0.05) is 12.4 Å². The molecule has 1 aromatic carbocycles. The van der Waals surface area contributed by atoms with Crippen molar-refractivity contribution in [3.05, 3.63) is 59.4 Å². The van der Waals surface area contributed by atoms with Crippen LogP contribution in [0.15, 0.2) is 42.7 Å². The molecule has 110 valence electrons. The number of nitrogens with one attached hydrogen (secondary N) is 1. The SMILES string of the molecule is Cc1cccc(C)c1OCC(=O)NC(C)c1ccncc1. The number of rotatable bonds is 5. The highest BCUT2D eigenvalue weighted by Crippen LogP contribution is 2.22. The first kappa shape index (κ1) is 15.0. The molecule has 0 saturated heterocycles. The highest BCUT2D eigenvalue weighted by Gasteiger charge is 2.11. The molecule has 0 bridgehead atoms. The number of nitrogens with zero attached hydrogens (tertiary/aromatic N) is 1. The minimum absolute atomic E-state index is 0.0150. The quantitative estimate of drug-likeness (QED) is 0.918. The molecule has 0 saturated carbocycles. The summed E-state index contributed by atoms with van der Waals surface area (Å²) in [5, 5.41) is 2.91. The number of carbonyl (C=O) groups is 1. The first-order valence-corrected chi connectivity index (χ1v) is 6.96. The Morgan fingerprint density at radius 1 is 1.19 bits per heavy atom. The molecule has 1 amide bonds. The van der Waals surface area contributed by atoms with E-state index in [2.05, 4.69) is 10.3 Å². The molecular formula is C17H20N2O2. The van der Waals surface area contributed by atoms with Crippen LogP contribution in [-0.2, 0) is 4.79 Å². The van der Waals surface area contributed by atoms with Gasteiger partial charge in [-0.1, -0.05) is 18.2 Å². The molecule has 0 aliphatic heterocycles. The molecule has 1 atom stereocenters. The lowest BCUT2D eigenvalue weighted by Crippen LogP contribution is -2.31. The van der Waals surface area contributed by atoms with Crippen molar-refractivity contribution in [3.8, 4) is 5.75 Å². The summed E-state index contributed by atoms with van der Waals surface area (Å²) in [5.41, 5.74) is 3.08. The summed E-state index contributed by atoms with van der Waals surface area (Å²) in [6.07, 6.45) is 3.43. The largest absolute Gasteiger partial charge is 0.483 e. The number of pyridine rings is 1. The molecule has 4 nitrogen and oxygen atoms in total. The van der Waals surface area contributed by atoms with Gasteiger partial charge in [-0.3, -0.25) is 9.78 Å². The first-order chi connectivity index (χ1) is 10.1. The predicted octanol–water partition coefficient (Wildman–Crippen LogP) is 2.95. The number of ether oxygens (including phenoxy) is 1. The maximum atomic E-state index is 12.0. The second-order valence-electron chi connectivity index (χ2n) is 5.08. The Balaban J connectivity index is 1.91. The maximum Gasteiger partial charge on any atom is 0.258 e. The summed E-state index contributed by atoms with van der Waals surface area (Å²) < 4.78 is 5.64. The lowest BCUT2D eigenvalue weighted by molar-refractivity contribution is -0.123. The zero-order chi connectivity index (χ0) is 15.2. The van der Waals surface area contributed by atoms with Crippen molar-refractivity contribution >= 4 is 5.91 Å². The normalized spacial score (nSPS) is 11.8. The number of hydrogen-bond acceptors (Lipinski definition) is 3. The van der Waals surface area contributed by atoms with Gasteiger partial charge < -0.3 is 10.1 Å². The number of hydrogen-bond donors (Lipinski definition) is 1. The van der Waals surface area contributed by atoms with Crippen LogP contribution in [0.1, 0.15) is 29.7 Å². The topological polar surface area (TPSA) is 51.2 Å². The standard InChI is InChI=1S/C17H20N2O2/c1-12-5-4-6-13(2)17(12)21-11-16(20)19-14(3)15-7-9-18-10-8-15/h4-10,14H,11H2,1-3H3,(H,19,20). The first-order valence-electron chi connectivity index (χ1n) is 6.96. The van der Waals surface area contributed by atoms with Crippen molar-refractivity contribution < 1.29 is 9.53 Å².